The van der Waals surface area contributed by atoms with E-state index in [4.69, 9.17) is 10.5 Å². The number of nitrogen functional groups attached to an aromatic ring is 1. The van der Waals surface area contributed by atoms with Gasteiger partial charge in [0.1, 0.15) is 10.6 Å². The van der Waals surface area contributed by atoms with E-state index in [2.05, 4.69) is 49.9 Å². The molecule has 3 rings (SSSR count). The van der Waals surface area contributed by atoms with Crippen LogP contribution in [0.2, 0.25) is 0 Å². The number of hydrogen-bond donors (Lipinski definition) is 1. The summed E-state index contributed by atoms with van der Waals surface area (Å²) in [5.41, 5.74) is 9.92. The fourth-order valence-corrected chi connectivity index (χ4v) is 4.98. The van der Waals surface area contributed by atoms with Crippen molar-refractivity contribution >= 4 is 22.3 Å². The Balaban J connectivity index is 2.07. The maximum atomic E-state index is 12.4. The number of piperidine rings is 1. The summed E-state index contributed by atoms with van der Waals surface area (Å²) in [6, 6.07) is 9.34. The van der Waals surface area contributed by atoms with Gasteiger partial charge in [-0.25, -0.2) is 4.79 Å². The molecular formula is C21H28N2O2S. The summed E-state index contributed by atoms with van der Waals surface area (Å²) in [5.74, 6) is -0.361. The molecule has 2 heterocycles. The van der Waals surface area contributed by atoms with E-state index in [1.54, 1.807) is 0 Å². The monoisotopic (exact) mass is 372 g/mol. The van der Waals surface area contributed by atoms with E-state index in [-0.39, 0.29) is 5.97 Å². The topological polar surface area (TPSA) is 55.6 Å². The summed E-state index contributed by atoms with van der Waals surface area (Å²) < 4.78 is 5.02. The van der Waals surface area contributed by atoms with E-state index < -0.39 is 0 Å². The van der Waals surface area contributed by atoms with Crippen molar-refractivity contribution in [2.24, 2.45) is 0 Å². The number of methoxy groups -OCH3 is 1. The van der Waals surface area contributed by atoms with Crippen molar-refractivity contribution in [3.05, 3.63) is 40.3 Å². The zero-order valence-corrected chi connectivity index (χ0v) is 16.9. The SMILES string of the molecule is COC(=O)c1c(N)sc(CN2C(C)CCCC2C)c1-c1ccc(C)cc1. The molecule has 1 aromatic carbocycles. The molecule has 0 bridgehead atoms. The minimum atomic E-state index is -0.361. The Kier molecular flexibility index (Phi) is 5.68. The molecule has 0 aliphatic carbocycles. The van der Waals surface area contributed by atoms with Crippen LogP contribution in [0, 0.1) is 6.92 Å². The number of rotatable bonds is 4. The lowest BCUT2D eigenvalue weighted by Gasteiger charge is -2.39. The molecule has 2 N–H and O–H groups in total. The van der Waals surface area contributed by atoms with E-state index in [0.29, 0.717) is 22.6 Å². The highest BCUT2D eigenvalue weighted by atomic mass is 32.1. The molecule has 2 unspecified atom stereocenters. The Morgan fingerprint density at radius 3 is 2.42 bits per heavy atom. The van der Waals surface area contributed by atoms with Crippen LogP contribution in [0.3, 0.4) is 0 Å². The summed E-state index contributed by atoms with van der Waals surface area (Å²) in [4.78, 5) is 16.1. The fourth-order valence-electron chi connectivity index (χ4n) is 3.89. The first-order valence-electron chi connectivity index (χ1n) is 9.24. The fraction of sp³-hybridized carbons (Fsp3) is 0.476. The minimum absolute atomic E-state index is 0.361. The van der Waals surface area contributed by atoms with Crippen LogP contribution in [0.4, 0.5) is 5.00 Å². The van der Waals surface area contributed by atoms with Crippen LogP contribution in [0.1, 0.15) is 53.9 Å². The van der Waals surface area contributed by atoms with Crippen molar-refractivity contribution in [2.75, 3.05) is 12.8 Å². The highest BCUT2D eigenvalue weighted by Crippen LogP contribution is 2.41. The normalized spacial score (nSPS) is 20.9. The van der Waals surface area contributed by atoms with Gasteiger partial charge in [0, 0.05) is 29.1 Å². The molecule has 1 saturated heterocycles. The second kappa shape index (κ2) is 7.80. The summed E-state index contributed by atoms with van der Waals surface area (Å²) in [7, 11) is 1.41. The number of nitrogens with two attached hydrogens (primary N) is 1. The van der Waals surface area contributed by atoms with Gasteiger partial charge in [0.25, 0.3) is 0 Å². The van der Waals surface area contributed by atoms with Crippen LogP contribution in [0.5, 0.6) is 0 Å². The van der Waals surface area contributed by atoms with Crippen molar-refractivity contribution in [2.45, 2.75) is 58.7 Å². The lowest BCUT2D eigenvalue weighted by molar-refractivity contribution is 0.0603. The predicted octanol–water partition coefficient (Wildman–Crippen LogP) is 4.86. The third kappa shape index (κ3) is 3.64. The number of aryl methyl sites for hydroxylation is 1. The molecule has 1 fully saturated rings. The Labute approximate surface area is 160 Å². The molecule has 1 aliphatic heterocycles. The van der Waals surface area contributed by atoms with Crippen molar-refractivity contribution in [1.29, 1.82) is 0 Å². The van der Waals surface area contributed by atoms with E-state index in [1.165, 1.54) is 43.3 Å². The van der Waals surface area contributed by atoms with E-state index in [9.17, 15) is 4.79 Å². The molecule has 4 nitrogen and oxygen atoms in total. The average Bonchev–Trinajstić information content (AvgIpc) is 2.94. The van der Waals surface area contributed by atoms with Crippen molar-refractivity contribution in [3.8, 4) is 11.1 Å². The molecule has 26 heavy (non-hydrogen) atoms. The quantitative estimate of drug-likeness (QED) is 0.779. The highest BCUT2D eigenvalue weighted by molar-refractivity contribution is 7.17. The van der Waals surface area contributed by atoms with Crippen molar-refractivity contribution in [3.63, 3.8) is 0 Å². The highest BCUT2D eigenvalue weighted by Gasteiger charge is 2.29. The lowest BCUT2D eigenvalue weighted by atomic mass is 9.95. The lowest BCUT2D eigenvalue weighted by Crippen LogP contribution is -2.42. The molecule has 0 saturated carbocycles. The van der Waals surface area contributed by atoms with E-state index in [0.717, 1.165) is 22.5 Å². The molecule has 0 amide bonds. The molecule has 1 aromatic heterocycles. The van der Waals surface area contributed by atoms with Gasteiger partial charge in [-0.3, -0.25) is 4.90 Å². The van der Waals surface area contributed by atoms with Gasteiger partial charge in [-0.05, 0) is 39.2 Å². The molecular weight excluding hydrogens is 344 g/mol. The van der Waals surface area contributed by atoms with Gasteiger partial charge in [0.2, 0.25) is 0 Å². The van der Waals surface area contributed by atoms with Crippen LogP contribution in [0.15, 0.2) is 24.3 Å². The minimum Gasteiger partial charge on any atom is -0.465 e. The zero-order valence-electron chi connectivity index (χ0n) is 16.0. The number of anilines is 1. The van der Waals surface area contributed by atoms with Gasteiger partial charge < -0.3 is 10.5 Å². The van der Waals surface area contributed by atoms with Crippen LogP contribution >= 0.6 is 11.3 Å². The van der Waals surface area contributed by atoms with E-state index in [1.807, 2.05) is 0 Å². The number of benzene rings is 1. The Morgan fingerprint density at radius 2 is 1.85 bits per heavy atom. The van der Waals surface area contributed by atoms with Crippen LogP contribution < -0.4 is 5.73 Å². The third-order valence-corrected chi connectivity index (χ3v) is 6.44. The predicted molar refractivity (Wildman–Crippen MR) is 109 cm³/mol. The van der Waals surface area contributed by atoms with Gasteiger partial charge in [-0.1, -0.05) is 36.2 Å². The zero-order chi connectivity index (χ0) is 18.8. The molecule has 2 atom stereocenters. The first-order valence-corrected chi connectivity index (χ1v) is 10.1. The number of carbonyl (C=O) groups excluding carboxylic acids is 1. The maximum Gasteiger partial charge on any atom is 0.341 e. The second-order valence-electron chi connectivity index (χ2n) is 7.30. The van der Waals surface area contributed by atoms with Crippen LogP contribution in [0.25, 0.3) is 11.1 Å². The maximum absolute atomic E-state index is 12.4. The Hall–Kier alpha value is -1.85. The van der Waals surface area contributed by atoms with Gasteiger partial charge in [0.15, 0.2) is 0 Å². The smallest absolute Gasteiger partial charge is 0.341 e. The standard InChI is InChI=1S/C21H28N2O2S/c1-13-8-10-16(11-9-13)18-17(26-20(22)19(18)21(24)25-4)12-23-14(2)6-5-7-15(23)3/h8-11,14-15H,5-7,12,22H2,1-4H3. The Morgan fingerprint density at radius 1 is 1.23 bits per heavy atom. The van der Waals surface area contributed by atoms with Crippen LogP contribution in [-0.4, -0.2) is 30.1 Å². The van der Waals surface area contributed by atoms with Gasteiger partial charge in [-0.2, -0.15) is 0 Å². The van der Waals surface area contributed by atoms with Gasteiger partial charge in [-0.15, -0.1) is 11.3 Å². The summed E-state index contributed by atoms with van der Waals surface area (Å²) in [6.45, 7) is 7.46. The first kappa shape index (κ1) is 18.9. The third-order valence-electron chi connectivity index (χ3n) is 5.44. The molecule has 1 aliphatic rings. The number of likely N-dealkylation sites (tertiary alicyclic amines) is 1. The molecule has 5 heteroatoms. The van der Waals surface area contributed by atoms with Crippen molar-refractivity contribution in [1.82, 2.24) is 4.90 Å². The molecule has 0 spiro atoms. The molecule has 0 radical (unpaired) electrons. The largest absolute Gasteiger partial charge is 0.465 e. The molecule has 140 valence electrons. The van der Waals surface area contributed by atoms with Gasteiger partial charge in [0.05, 0.1) is 7.11 Å². The van der Waals surface area contributed by atoms with Crippen molar-refractivity contribution < 1.29 is 9.53 Å². The van der Waals surface area contributed by atoms with E-state index >= 15 is 0 Å². The number of esters is 1. The summed E-state index contributed by atoms with van der Waals surface area (Å²) >= 11 is 1.52. The van der Waals surface area contributed by atoms with Crippen LogP contribution in [-0.2, 0) is 11.3 Å². The number of ether oxygens (including phenoxy) is 1. The number of hydrogen-bond acceptors (Lipinski definition) is 5. The average molecular weight is 373 g/mol. The Bertz CT molecular complexity index is 772. The number of nitrogens with zero attached hydrogens (tertiary/aromatic N) is 1. The summed E-state index contributed by atoms with van der Waals surface area (Å²) in [5, 5.41) is 0.541. The first-order chi connectivity index (χ1) is 12.4. The summed E-state index contributed by atoms with van der Waals surface area (Å²) in [6.07, 6.45) is 3.72. The number of carbonyl (C=O) groups is 1. The second-order valence-corrected chi connectivity index (χ2v) is 8.44. The number of thiophene rings is 1. The van der Waals surface area contributed by atoms with Gasteiger partial charge >= 0.3 is 5.97 Å². The molecule has 2 aromatic rings.